The summed E-state index contributed by atoms with van der Waals surface area (Å²) in [7, 11) is 1.61. The molecule has 0 bridgehead atoms. The molecule has 34 heavy (non-hydrogen) atoms. The van der Waals surface area contributed by atoms with Crippen molar-refractivity contribution in [1.29, 1.82) is 0 Å². The van der Waals surface area contributed by atoms with Crippen molar-refractivity contribution in [2.75, 3.05) is 25.5 Å². The predicted molar refractivity (Wildman–Crippen MR) is 129 cm³/mol. The molecule has 1 N–H and O–H groups in total. The minimum absolute atomic E-state index is 0.160. The number of rotatable bonds is 5. The van der Waals surface area contributed by atoms with Crippen LogP contribution in [0.2, 0.25) is 0 Å². The molecular weight excluding hydrogens is 430 g/mol. The second kappa shape index (κ2) is 7.93. The molecule has 1 amide bonds. The van der Waals surface area contributed by atoms with Gasteiger partial charge in [-0.15, -0.1) is 5.10 Å². The number of ether oxygens (including phenoxy) is 1. The summed E-state index contributed by atoms with van der Waals surface area (Å²) in [4.78, 5) is 28.3. The van der Waals surface area contributed by atoms with Crippen molar-refractivity contribution in [2.24, 2.45) is 5.41 Å². The number of aromatic nitrogens is 5. The fraction of sp³-hybridized carbons (Fsp3) is 0.400. The molecule has 6 rings (SSSR count). The van der Waals surface area contributed by atoms with E-state index in [4.69, 9.17) is 4.74 Å². The van der Waals surface area contributed by atoms with Crippen molar-refractivity contribution in [1.82, 2.24) is 29.5 Å². The summed E-state index contributed by atoms with van der Waals surface area (Å²) in [5, 5.41) is 8.08. The summed E-state index contributed by atoms with van der Waals surface area (Å²) in [6.07, 6.45) is 9.07. The summed E-state index contributed by atoms with van der Waals surface area (Å²) in [6.45, 7) is 3.86. The topological polar surface area (TPSA) is 97.5 Å². The number of carbonyl (C=O) groups is 1. The molecule has 4 heterocycles. The lowest BCUT2D eigenvalue weighted by molar-refractivity contribution is -0.145. The number of benzene rings is 1. The van der Waals surface area contributed by atoms with E-state index in [1.165, 1.54) is 0 Å². The third-order valence-electron chi connectivity index (χ3n) is 7.09. The number of fused-ring (bicyclic) bond motifs is 2. The lowest BCUT2D eigenvalue weighted by Gasteiger charge is -2.45. The zero-order valence-electron chi connectivity index (χ0n) is 19.4. The van der Waals surface area contributed by atoms with Crippen LogP contribution < -0.4 is 10.1 Å². The van der Waals surface area contributed by atoms with Crippen LogP contribution >= 0.6 is 0 Å². The SMILES string of the molecule is COc1nc(NC2CC(C)(C(=O)N3CCCC3)C2)nn2ccc(-c3ccc4nccnc4c3)c12. The minimum Gasteiger partial charge on any atom is -0.479 e. The number of anilines is 1. The van der Waals surface area contributed by atoms with E-state index in [-0.39, 0.29) is 17.4 Å². The molecule has 174 valence electrons. The molecule has 0 spiro atoms. The van der Waals surface area contributed by atoms with Gasteiger partial charge in [-0.3, -0.25) is 14.8 Å². The molecule has 1 saturated carbocycles. The average molecular weight is 458 g/mol. The Morgan fingerprint density at radius 3 is 2.65 bits per heavy atom. The minimum atomic E-state index is -0.296. The van der Waals surface area contributed by atoms with Gasteiger partial charge in [-0.05, 0) is 49.4 Å². The molecule has 0 unspecified atom stereocenters. The van der Waals surface area contributed by atoms with Gasteiger partial charge in [-0.1, -0.05) is 13.0 Å². The Kier molecular flexibility index (Phi) is 4.86. The zero-order chi connectivity index (χ0) is 23.3. The maximum atomic E-state index is 12.9. The number of likely N-dealkylation sites (tertiary alicyclic amines) is 1. The van der Waals surface area contributed by atoms with Crippen molar-refractivity contribution in [3.8, 4) is 17.0 Å². The van der Waals surface area contributed by atoms with E-state index < -0.39 is 0 Å². The van der Waals surface area contributed by atoms with E-state index in [9.17, 15) is 4.79 Å². The van der Waals surface area contributed by atoms with E-state index in [0.29, 0.717) is 11.8 Å². The standard InChI is InChI=1S/C25H27N7O2/c1-25(23(33)31-10-3-4-11-31)14-17(15-25)28-24-29-22(34-2)21-18(7-12-32(21)30-24)16-5-6-19-20(13-16)27-9-8-26-19/h5-9,12-13,17H,3-4,10-11,14-15H2,1-2H3,(H,28,30). The van der Waals surface area contributed by atoms with Crippen LogP contribution in [0.4, 0.5) is 5.95 Å². The first-order chi connectivity index (χ1) is 16.5. The van der Waals surface area contributed by atoms with E-state index in [1.54, 1.807) is 24.0 Å². The molecule has 1 aliphatic heterocycles. The summed E-state index contributed by atoms with van der Waals surface area (Å²) in [6, 6.07) is 8.15. The Morgan fingerprint density at radius 1 is 1.12 bits per heavy atom. The predicted octanol–water partition coefficient (Wildman–Crippen LogP) is 3.55. The maximum absolute atomic E-state index is 12.9. The summed E-state index contributed by atoms with van der Waals surface area (Å²) >= 11 is 0. The highest BCUT2D eigenvalue weighted by Crippen LogP contribution is 2.44. The van der Waals surface area contributed by atoms with Crippen LogP contribution in [0.1, 0.15) is 32.6 Å². The maximum Gasteiger partial charge on any atom is 0.244 e. The first-order valence-electron chi connectivity index (χ1n) is 11.7. The van der Waals surface area contributed by atoms with Gasteiger partial charge in [0.1, 0.15) is 5.52 Å². The Bertz CT molecular complexity index is 1390. The van der Waals surface area contributed by atoms with Crippen LogP contribution in [0.5, 0.6) is 5.88 Å². The molecule has 4 aromatic rings. The van der Waals surface area contributed by atoms with Gasteiger partial charge in [-0.25, -0.2) is 4.52 Å². The van der Waals surface area contributed by atoms with E-state index in [1.807, 2.05) is 35.4 Å². The van der Waals surface area contributed by atoms with Crippen molar-refractivity contribution < 1.29 is 9.53 Å². The summed E-state index contributed by atoms with van der Waals surface area (Å²) in [5.74, 6) is 1.27. The van der Waals surface area contributed by atoms with Crippen molar-refractivity contribution in [2.45, 2.75) is 38.6 Å². The van der Waals surface area contributed by atoms with E-state index >= 15 is 0 Å². The van der Waals surface area contributed by atoms with Gasteiger partial charge in [-0.2, -0.15) is 4.98 Å². The first kappa shape index (κ1) is 20.8. The molecule has 9 nitrogen and oxygen atoms in total. The zero-order valence-corrected chi connectivity index (χ0v) is 19.4. The number of hydrogen-bond acceptors (Lipinski definition) is 7. The third kappa shape index (κ3) is 3.43. The molecule has 0 radical (unpaired) electrons. The fourth-order valence-corrected chi connectivity index (χ4v) is 5.35. The monoisotopic (exact) mass is 457 g/mol. The van der Waals surface area contributed by atoms with Crippen molar-refractivity contribution >= 4 is 28.4 Å². The highest BCUT2D eigenvalue weighted by atomic mass is 16.5. The number of carbonyl (C=O) groups excluding carboxylic acids is 1. The molecular formula is C25H27N7O2. The van der Waals surface area contributed by atoms with E-state index in [0.717, 1.165) is 66.4 Å². The van der Waals surface area contributed by atoms with Gasteiger partial charge in [0.25, 0.3) is 0 Å². The quantitative estimate of drug-likeness (QED) is 0.489. The number of amides is 1. The summed E-state index contributed by atoms with van der Waals surface area (Å²) < 4.78 is 7.44. The largest absolute Gasteiger partial charge is 0.479 e. The first-order valence-corrected chi connectivity index (χ1v) is 11.7. The van der Waals surface area contributed by atoms with E-state index in [2.05, 4.69) is 32.3 Å². The smallest absolute Gasteiger partial charge is 0.244 e. The fourth-order valence-electron chi connectivity index (χ4n) is 5.35. The second-order valence-electron chi connectivity index (χ2n) is 9.54. The number of methoxy groups -OCH3 is 1. The second-order valence-corrected chi connectivity index (χ2v) is 9.54. The van der Waals surface area contributed by atoms with Gasteiger partial charge in [0.2, 0.25) is 17.7 Å². The highest BCUT2D eigenvalue weighted by molar-refractivity contribution is 5.89. The van der Waals surface area contributed by atoms with Crippen LogP contribution in [0.25, 0.3) is 27.7 Å². The number of nitrogens with zero attached hydrogens (tertiary/aromatic N) is 6. The van der Waals surface area contributed by atoms with Gasteiger partial charge < -0.3 is 15.0 Å². The average Bonchev–Trinajstić information content (AvgIpc) is 3.52. The lowest BCUT2D eigenvalue weighted by Crippen LogP contribution is -2.53. The highest BCUT2D eigenvalue weighted by Gasteiger charge is 2.48. The third-order valence-corrected chi connectivity index (χ3v) is 7.09. The Hall–Kier alpha value is -3.75. The van der Waals surface area contributed by atoms with Gasteiger partial charge in [0, 0.05) is 43.3 Å². The normalized spacial score (nSPS) is 22.2. The van der Waals surface area contributed by atoms with Crippen LogP contribution in [0, 0.1) is 5.41 Å². The Balaban J connectivity index is 1.25. The van der Waals surface area contributed by atoms with Crippen LogP contribution in [0.15, 0.2) is 42.9 Å². The molecule has 1 aromatic carbocycles. The molecule has 1 aliphatic carbocycles. The van der Waals surface area contributed by atoms with Gasteiger partial charge in [0.15, 0.2) is 0 Å². The molecule has 1 saturated heterocycles. The molecule has 0 atom stereocenters. The molecule has 3 aromatic heterocycles. The van der Waals surface area contributed by atoms with Crippen LogP contribution in [-0.2, 0) is 4.79 Å². The van der Waals surface area contributed by atoms with Crippen LogP contribution in [-0.4, -0.2) is 61.6 Å². The number of nitrogens with one attached hydrogen (secondary N) is 1. The number of hydrogen-bond donors (Lipinski definition) is 1. The molecule has 2 aliphatic rings. The van der Waals surface area contributed by atoms with Gasteiger partial charge >= 0.3 is 0 Å². The summed E-state index contributed by atoms with van der Waals surface area (Å²) in [5.41, 5.74) is 4.13. The van der Waals surface area contributed by atoms with Crippen molar-refractivity contribution in [3.63, 3.8) is 0 Å². The Labute approximate surface area is 197 Å². The van der Waals surface area contributed by atoms with Gasteiger partial charge in [0.05, 0.1) is 23.6 Å². The molecule has 9 heteroatoms. The lowest BCUT2D eigenvalue weighted by atomic mass is 9.66. The van der Waals surface area contributed by atoms with Crippen molar-refractivity contribution in [3.05, 3.63) is 42.9 Å². The molecule has 2 fully saturated rings. The van der Waals surface area contributed by atoms with Crippen LogP contribution in [0.3, 0.4) is 0 Å². The Morgan fingerprint density at radius 2 is 1.88 bits per heavy atom.